The Balaban J connectivity index is 1.67. The molecule has 1 aromatic rings. The number of hydrogen-bond acceptors (Lipinski definition) is 4. The smallest absolute Gasteiger partial charge is 0.123 e. The van der Waals surface area contributed by atoms with Crippen LogP contribution in [0, 0.1) is 11.8 Å². The zero-order valence-corrected chi connectivity index (χ0v) is 12.1. The van der Waals surface area contributed by atoms with E-state index in [-0.39, 0.29) is 6.10 Å². The topological polar surface area (TPSA) is 58.7 Å². The average molecular weight is 276 g/mol. The standard InChI is InChI=1S/C16H24N2O2/c1-20-16-5-2-11(6-13(16)7-17)8-18-9-12-3-4-15(19)14(12)10-18/h2,5-6,12,14-15,19H,3-4,7-10,17H2,1H3. The number of ether oxygens (including phenoxy) is 1. The predicted molar refractivity (Wildman–Crippen MR) is 78.4 cm³/mol. The number of likely N-dealkylation sites (tertiary alicyclic amines) is 1. The molecule has 2 fully saturated rings. The number of benzene rings is 1. The van der Waals surface area contributed by atoms with Crippen LogP contribution in [-0.2, 0) is 13.1 Å². The van der Waals surface area contributed by atoms with Gasteiger partial charge >= 0.3 is 0 Å². The Morgan fingerprint density at radius 1 is 1.35 bits per heavy atom. The lowest BCUT2D eigenvalue weighted by molar-refractivity contribution is 0.123. The van der Waals surface area contributed by atoms with Crippen molar-refractivity contribution in [3.8, 4) is 5.75 Å². The van der Waals surface area contributed by atoms with Gasteiger partial charge < -0.3 is 15.6 Å². The summed E-state index contributed by atoms with van der Waals surface area (Å²) >= 11 is 0. The third-order valence-electron chi connectivity index (χ3n) is 4.87. The molecule has 1 saturated heterocycles. The molecule has 1 saturated carbocycles. The minimum Gasteiger partial charge on any atom is -0.496 e. The van der Waals surface area contributed by atoms with Crippen LogP contribution in [-0.4, -0.2) is 36.3 Å². The molecule has 110 valence electrons. The van der Waals surface area contributed by atoms with Crippen molar-refractivity contribution in [2.24, 2.45) is 17.6 Å². The van der Waals surface area contributed by atoms with Crippen LogP contribution in [0.15, 0.2) is 18.2 Å². The fourth-order valence-electron chi connectivity index (χ4n) is 3.81. The first-order chi connectivity index (χ1) is 9.71. The molecule has 4 nitrogen and oxygen atoms in total. The highest BCUT2D eigenvalue weighted by Gasteiger charge is 2.41. The van der Waals surface area contributed by atoms with Crippen LogP contribution in [0.5, 0.6) is 5.75 Å². The highest BCUT2D eigenvalue weighted by molar-refractivity contribution is 5.37. The minimum absolute atomic E-state index is 0.0829. The van der Waals surface area contributed by atoms with Gasteiger partial charge in [0.1, 0.15) is 5.75 Å². The van der Waals surface area contributed by atoms with E-state index in [1.54, 1.807) is 7.11 Å². The number of nitrogens with zero attached hydrogens (tertiary/aromatic N) is 1. The van der Waals surface area contributed by atoms with Crippen LogP contribution < -0.4 is 10.5 Å². The van der Waals surface area contributed by atoms with Gasteiger partial charge in [-0.25, -0.2) is 0 Å². The van der Waals surface area contributed by atoms with Crippen LogP contribution in [0.3, 0.4) is 0 Å². The summed E-state index contributed by atoms with van der Waals surface area (Å²) in [5, 5.41) is 9.97. The van der Waals surface area contributed by atoms with E-state index in [4.69, 9.17) is 10.5 Å². The third kappa shape index (κ3) is 2.55. The number of rotatable bonds is 4. The van der Waals surface area contributed by atoms with Crippen molar-refractivity contribution in [2.75, 3.05) is 20.2 Å². The maximum absolute atomic E-state index is 9.97. The number of nitrogens with two attached hydrogens (primary N) is 1. The van der Waals surface area contributed by atoms with Crippen LogP contribution >= 0.6 is 0 Å². The van der Waals surface area contributed by atoms with Crippen LogP contribution in [0.4, 0.5) is 0 Å². The first-order valence-corrected chi connectivity index (χ1v) is 7.47. The Hall–Kier alpha value is -1.10. The average Bonchev–Trinajstić information content (AvgIpc) is 3.01. The molecule has 1 aliphatic carbocycles. The van der Waals surface area contributed by atoms with Crippen LogP contribution in [0.2, 0.25) is 0 Å². The van der Waals surface area contributed by atoms with Gasteiger partial charge in [-0.3, -0.25) is 4.90 Å². The molecule has 0 radical (unpaired) electrons. The van der Waals surface area contributed by atoms with Gasteiger partial charge in [0.15, 0.2) is 0 Å². The van der Waals surface area contributed by atoms with Crippen molar-refractivity contribution in [3.63, 3.8) is 0 Å². The molecular weight excluding hydrogens is 252 g/mol. The summed E-state index contributed by atoms with van der Waals surface area (Å²) in [5.41, 5.74) is 8.11. The number of hydrogen-bond donors (Lipinski definition) is 2. The first-order valence-electron chi connectivity index (χ1n) is 7.47. The minimum atomic E-state index is -0.0829. The van der Waals surface area contributed by atoms with E-state index < -0.39 is 0 Å². The van der Waals surface area contributed by atoms with Crippen LogP contribution in [0.25, 0.3) is 0 Å². The van der Waals surface area contributed by atoms with Crippen molar-refractivity contribution in [1.82, 2.24) is 4.90 Å². The van der Waals surface area contributed by atoms with E-state index in [1.807, 2.05) is 6.07 Å². The normalized spacial score (nSPS) is 29.6. The van der Waals surface area contributed by atoms with Crippen molar-refractivity contribution in [1.29, 1.82) is 0 Å². The van der Waals surface area contributed by atoms with E-state index in [2.05, 4.69) is 17.0 Å². The summed E-state index contributed by atoms with van der Waals surface area (Å²) < 4.78 is 5.31. The Morgan fingerprint density at radius 2 is 2.20 bits per heavy atom. The fourth-order valence-corrected chi connectivity index (χ4v) is 3.81. The first kappa shape index (κ1) is 13.9. The quantitative estimate of drug-likeness (QED) is 0.872. The van der Waals surface area contributed by atoms with E-state index in [9.17, 15) is 5.11 Å². The third-order valence-corrected chi connectivity index (χ3v) is 4.87. The monoisotopic (exact) mass is 276 g/mol. The van der Waals surface area contributed by atoms with Gasteiger partial charge in [0.2, 0.25) is 0 Å². The highest BCUT2D eigenvalue weighted by Crippen LogP contribution is 2.38. The van der Waals surface area contributed by atoms with Gasteiger partial charge in [-0.2, -0.15) is 0 Å². The summed E-state index contributed by atoms with van der Waals surface area (Å²) in [4.78, 5) is 2.46. The summed E-state index contributed by atoms with van der Waals surface area (Å²) in [7, 11) is 1.68. The maximum atomic E-state index is 9.97. The lowest BCUT2D eigenvalue weighted by Crippen LogP contribution is -2.24. The maximum Gasteiger partial charge on any atom is 0.123 e. The molecule has 2 aliphatic rings. The zero-order chi connectivity index (χ0) is 14.1. The molecule has 0 spiro atoms. The van der Waals surface area contributed by atoms with Crippen molar-refractivity contribution in [2.45, 2.75) is 32.0 Å². The lowest BCUT2D eigenvalue weighted by Gasteiger charge is -2.19. The number of fused-ring (bicyclic) bond motifs is 1. The second-order valence-electron chi connectivity index (χ2n) is 6.11. The molecule has 0 amide bonds. The SMILES string of the molecule is COc1ccc(CN2CC3CCC(O)C3C2)cc1CN. The molecule has 0 bridgehead atoms. The summed E-state index contributed by atoms with van der Waals surface area (Å²) in [6.45, 7) is 3.58. The molecule has 1 aromatic carbocycles. The second kappa shape index (κ2) is 5.72. The summed E-state index contributed by atoms with van der Waals surface area (Å²) in [6, 6.07) is 6.26. The van der Waals surface area contributed by atoms with Gasteiger partial charge in [-0.1, -0.05) is 6.07 Å². The largest absolute Gasteiger partial charge is 0.496 e. The van der Waals surface area contributed by atoms with E-state index >= 15 is 0 Å². The fraction of sp³-hybridized carbons (Fsp3) is 0.625. The molecule has 3 rings (SSSR count). The molecule has 1 aliphatic heterocycles. The van der Waals surface area contributed by atoms with Gasteiger partial charge in [-0.15, -0.1) is 0 Å². The van der Waals surface area contributed by atoms with Crippen molar-refractivity contribution >= 4 is 0 Å². The molecule has 3 atom stereocenters. The van der Waals surface area contributed by atoms with Crippen molar-refractivity contribution in [3.05, 3.63) is 29.3 Å². The predicted octanol–water partition coefficient (Wildman–Crippen LogP) is 1.36. The molecule has 20 heavy (non-hydrogen) atoms. The second-order valence-corrected chi connectivity index (χ2v) is 6.11. The number of aliphatic hydroxyl groups is 1. The summed E-state index contributed by atoms with van der Waals surface area (Å²) in [6.07, 6.45) is 2.09. The molecule has 3 N–H and O–H groups in total. The number of aliphatic hydroxyl groups excluding tert-OH is 1. The van der Waals surface area contributed by atoms with Crippen LogP contribution in [0.1, 0.15) is 24.0 Å². The molecule has 0 aromatic heterocycles. The summed E-state index contributed by atoms with van der Waals surface area (Å²) in [5.74, 6) is 2.05. The van der Waals surface area contributed by atoms with E-state index in [0.717, 1.165) is 37.4 Å². The Bertz CT molecular complexity index is 478. The number of methoxy groups -OCH3 is 1. The van der Waals surface area contributed by atoms with Gasteiger partial charge in [0.05, 0.1) is 13.2 Å². The molecule has 3 unspecified atom stereocenters. The van der Waals surface area contributed by atoms with Gasteiger partial charge in [0, 0.05) is 37.7 Å². The highest BCUT2D eigenvalue weighted by atomic mass is 16.5. The van der Waals surface area contributed by atoms with E-state index in [0.29, 0.717) is 18.4 Å². The Morgan fingerprint density at radius 3 is 2.90 bits per heavy atom. The van der Waals surface area contributed by atoms with Gasteiger partial charge in [-0.05, 0) is 36.5 Å². The lowest BCUT2D eigenvalue weighted by atomic mass is 10.00. The Labute approximate surface area is 120 Å². The molecular formula is C16H24N2O2. The molecule has 1 heterocycles. The Kier molecular flexibility index (Phi) is 3.96. The zero-order valence-electron chi connectivity index (χ0n) is 12.1. The van der Waals surface area contributed by atoms with Crippen molar-refractivity contribution < 1.29 is 9.84 Å². The molecule has 4 heteroatoms. The van der Waals surface area contributed by atoms with Gasteiger partial charge in [0.25, 0.3) is 0 Å². The van der Waals surface area contributed by atoms with E-state index in [1.165, 1.54) is 12.0 Å².